The maximum Gasteiger partial charge on any atom is 0.472 e. The van der Waals surface area contributed by atoms with Crippen LogP contribution in [-0.2, 0) is 27.5 Å². The van der Waals surface area contributed by atoms with Crippen LogP contribution < -0.4 is 5.70 Å². The Morgan fingerprint density at radius 1 is 1.11 bits per heavy atom. The average Bonchev–Trinajstić information content (AvgIpc) is 2.51. The molecule has 0 aromatic heterocycles. The molecule has 0 aromatic carbocycles. The summed E-state index contributed by atoms with van der Waals surface area (Å²) >= 11 is 0. The number of phosphoric acid groups is 2. The third-order valence-electron chi connectivity index (χ3n) is 3.33. The predicted molar refractivity (Wildman–Crippen MR) is 97.6 cm³/mol. The molecule has 0 saturated heterocycles. The van der Waals surface area contributed by atoms with Crippen molar-refractivity contribution >= 4 is 23.6 Å². The van der Waals surface area contributed by atoms with Crippen molar-refractivity contribution in [1.29, 1.82) is 0 Å². The van der Waals surface area contributed by atoms with Crippen LogP contribution in [0, 0.1) is 11.8 Å². The van der Waals surface area contributed by atoms with Crippen LogP contribution in [0.5, 0.6) is 0 Å². The molecule has 0 fully saturated rings. The van der Waals surface area contributed by atoms with Gasteiger partial charge < -0.3 is 19.5 Å². The van der Waals surface area contributed by atoms with E-state index in [1.807, 2.05) is 33.7 Å². The number of phosphoric ester groups is 2. The molecule has 0 bridgehead atoms. The number of hydrogen-bond donors (Lipinski definition) is 4. The van der Waals surface area contributed by atoms with Crippen LogP contribution in [0.3, 0.4) is 0 Å². The molecule has 0 aliphatic carbocycles. The highest BCUT2D eigenvalue weighted by molar-refractivity contribution is 7.47. The number of hydrogen-bond acceptors (Lipinski definition) is 8. The van der Waals surface area contributed by atoms with E-state index in [1.165, 1.54) is 0 Å². The molecule has 0 spiro atoms. The Bertz CT molecular complexity index is 497. The summed E-state index contributed by atoms with van der Waals surface area (Å²) in [4.78, 5) is 33.3. The van der Waals surface area contributed by atoms with Crippen molar-refractivity contribution in [3.05, 3.63) is 0 Å². The maximum atomic E-state index is 12.1. The zero-order valence-electron chi connectivity index (χ0n) is 16.0. The summed E-state index contributed by atoms with van der Waals surface area (Å²) in [5.74, 6) is 0.409. The van der Waals surface area contributed by atoms with Crippen LogP contribution in [-0.4, -0.2) is 67.0 Å². The number of nitrogens with one attached hydrogen (secondary N) is 1. The molecule has 0 amide bonds. The molecule has 3 unspecified atom stereocenters. The molecule has 0 rings (SSSR count). The zero-order valence-corrected chi connectivity index (χ0v) is 17.8. The molecular formula is C12H30BFN2O9P2. The second-order valence-electron chi connectivity index (χ2n) is 6.75. The van der Waals surface area contributed by atoms with Gasteiger partial charge in [-0.3, -0.25) is 18.4 Å². The minimum Gasteiger partial charge on any atom is -0.351 e. The van der Waals surface area contributed by atoms with Crippen molar-refractivity contribution in [2.24, 2.45) is 11.8 Å². The minimum absolute atomic E-state index is 0.00827. The van der Waals surface area contributed by atoms with Crippen LogP contribution >= 0.6 is 15.6 Å². The van der Waals surface area contributed by atoms with Gasteiger partial charge in [0.05, 0.1) is 19.8 Å². The molecule has 0 aromatic rings. The van der Waals surface area contributed by atoms with E-state index in [9.17, 15) is 18.5 Å². The van der Waals surface area contributed by atoms with Crippen molar-refractivity contribution < 1.29 is 46.7 Å². The van der Waals surface area contributed by atoms with Crippen molar-refractivity contribution in [2.45, 2.75) is 32.8 Å². The molecule has 11 nitrogen and oxygen atoms in total. The van der Waals surface area contributed by atoms with E-state index in [2.05, 4.69) is 9.36 Å². The van der Waals surface area contributed by atoms with E-state index < -0.39 is 35.0 Å². The highest BCUT2D eigenvalue weighted by Crippen LogP contribution is 2.44. The predicted octanol–water partition coefficient (Wildman–Crippen LogP) is 0.536. The second kappa shape index (κ2) is 13.3. The van der Waals surface area contributed by atoms with Gasteiger partial charge in [-0.25, -0.2) is 9.13 Å². The minimum atomic E-state index is -4.82. The lowest BCUT2D eigenvalue weighted by Crippen LogP contribution is -2.28. The summed E-state index contributed by atoms with van der Waals surface area (Å²) in [7, 11) is -5.44. The first-order chi connectivity index (χ1) is 12.3. The lowest BCUT2D eigenvalue weighted by molar-refractivity contribution is -0.135. The molecule has 162 valence electrons. The van der Waals surface area contributed by atoms with Gasteiger partial charge in [0.1, 0.15) is 6.10 Å². The zero-order chi connectivity index (χ0) is 21.1. The SMILES string of the molecule is BN(C)CCC(COP(=O)(O)OCC(COP(=O)(O)O)ONF)CC(C)C. The summed E-state index contributed by atoms with van der Waals surface area (Å²) in [5.41, 5.74) is 0.810. The third kappa shape index (κ3) is 16.7. The fraction of sp³-hybridized carbons (Fsp3) is 1.00. The van der Waals surface area contributed by atoms with Gasteiger partial charge in [-0.1, -0.05) is 13.8 Å². The highest BCUT2D eigenvalue weighted by Gasteiger charge is 2.27. The standard InChI is InChI=1S/C12H30BFN2O9P2/c1-10(2)6-11(4-5-16(3)13)7-23-27(20,21)24-9-12(25-15-14)8-22-26(17,18)19/h10-12,15H,4-9,13H2,1-3H3,(H,20,21)(H2,17,18,19). The van der Waals surface area contributed by atoms with Crippen molar-refractivity contribution in [2.75, 3.05) is 33.4 Å². The summed E-state index contributed by atoms with van der Waals surface area (Å²) < 4.78 is 48.6. The topological polar surface area (TPSA) is 147 Å². The van der Waals surface area contributed by atoms with Crippen molar-refractivity contribution in [3.8, 4) is 0 Å². The molecule has 0 radical (unpaired) electrons. The molecule has 15 heteroatoms. The van der Waals surface area contributed by atoms with Gasteiger partial charge in [-0.15, -0.1) is 4.48 Å². The number of rotatable bonds is 16. The summed E-state index contributed by atoms with van der Waals surface area (Å²) in [5, 5.41) is 0. The van der Waals surface area contributed by atoms with Crippen LogP contribution in [0.25, 0.3) is 0 Å². The van der Waals surface area contributed by atoms with Crippen LogP contribution in [0.2, 0.25) is 0 Å². The first-order valence-electron chi connectivity index (χ1n) is 8.32. The molecule has 0 saturated carbocycles. The Labute approximate surface area is 159 Å². The van der Waals surface area contributed by atoms with Crippen LogP contribution in [0.4, 0.5) is 4.48 Å². The monoisotopic (exact) mass is 438 g/mol. The third-order valence-corrected chi connectivity index (χ3v) is 4.76. The van der Waals surface area contributed by atoms with Gasteiger partial charge in [0.2, 0.25) is 0 Å². The van der Waals surface area contributed by atoms with Crippen LogP contribution in [0.1, 0.15) is 26.7 Å². The van der Waals surface area contributed by atoms with Gasteiger partial charge in [0.25, 0.3) is 0 Å². The van der Waals surface area contributed by atoms with E-state index >= 15 is 0 Å². The van der Waals surface area contributed by atoms with Gasteiger partial charge in [0.15, 0.2) is 7.98 Å². The molecule has 4 N–H and O–H groups in total. The van der Waals surface area contributed by atoms with E-state index in [1.54, 1.807) is 0 Å². The summed E-state index contributed by atoms with van der Waals surface area (Å²) in [6.07, 6.45) is 0.159. The van der Waals surface area contributed by atoms with Gasteiger partial charge in [-0.2, -0.15) is 0 Å². The smallest absolute Gasteiger partial charge is 0.351 e. The summed E-state index contributed by atoms with van der Waals surface area (Å²) in [6, 6.07) is 0. The van der Waals surface area contributed by atoms with E-state index in [-0.39, 0.29) is 12.5 Å². The van der Waals surface area contributed by atoms with Crippen LogP contribution in [0.15, 0.2) is 0 Å². The number of nitrogens with zero attached hydrogens (tertiary/aromatic N) is 1. The Hall–Kier alpha value is 0.0949. The highest BCUT2D eigenvalue weighted by atomic mass is 31.2. The fourth-order valence-corrected chi connectivity index (χ4v) is 3.34. The average molecular weight is 438 g/mol. The van der Waals surface area contributed by atoms with Gasteiger partial charge >= 0.3 is 15.6 Å². The number of halogens is 1. The quantitative estimate of drug-likeness (QED) is 0.116. The van der Waals surface area contributed by atoms with E-state index in [0.717, 1.165) is 25.1 Å². The Morgan fingerprint density at radius 2 is 1.67 bits per heavy atom. The van der Waals surface area contributed by atoms with E-state index in [0.29, 0.717) is 5.92 Å². The first-order valence-corrected chi connectivity index (χ1v) is 11.3. The normalized spacial score (nSPS) is 17.2. The van der Waals surface area contributed by atoms with Crippen molar-refractivity contribution in [3.63, 3.8) is 0 Å². The maximum absolute atomic E-state index is 12.1. The van der Waals surface area contributed by atoms with Crippen molar-refractivity contribution in [1.82, 2.24) is 10.5 Å². The molecule has 0 aliphatic rings. The van der Waals surface area contributed by atoms with Gasteiger partial charge in [-0.05, 0) is 44.0 Å². The molecule has 27 heavy (non-hydrogen) atoms. The van der Waals surface area contributed by atoms with E-state index in [4.69, 9.17) is 18.8 Å². The molecule has 3 atom stereocenters. The Kier molecular flexibility index (Phi) is 13.4. The Morgan fingerprint density at radius 3 is 2.15 bits per heavy atom. The largest absolute Gasteiger partial charge is 0.472 e. The van der Waals surface area contributed by atoms with Gasteiger partial charge in [0, 0.05) is 0 Å². The lowest BCUT2D eigenvalue weighted by atomic mass is 9.94. The molecule has 0 heterocycles. The summed E-state index contributed by atoms with van der Waals surface area (Å²) in [6.45, 7) is 3.37. The first kappa shape index (κ1) is 27.1. The fourth-order valence-electron chi connectivity index (χ4n) is 2.15. The molecule has 0 aliphatic heterocycles. The lowest BCUT2D eigenvalue weighted by Gasteiger charge is -2.23. The molecular weight excluding hydrogens is 408 g/mol. The Balaban J connectivity index is 4.54. The second-order valence-corrected chi connectivity index (χ2v) is 9.44.